The molecule has 12 heteroatoms. The quantitative estimate of drug-likeness (QED) is 0.215. The predicted octanol–water partition coefficient (Wildman–Crippen LogP) is 4.14. The van der Waals surface area contributed by atoms with Crippen LogP contribution in [0.5, 0.6) is 17.2 Å². The van der Waals surface area contributed by atoms with Crippen LogP contribution in [0.15, 0.2) is 57.5 Å². The minimum atomic E-state index is -0.805. The molecule has 1 aromatic heterocycles. The lowest BCUT2D eigenvalue weighted by atomic mass is 9.95. The molecule has 228 valence electrons. The highest BCUT2D eigenvalue weighted by molar-refractivity contribution is 14.1. The third-order valence-electron chi connectivity index (χ3n) is 6.28. The molecule has 0 amide bonds. The van der Waals surface area contributed by atoms with Gasteiger partial charge in [-0.25, -0.2) is 14.6 Å². The third-order valence-corrected chi connectivity index (χ3v) is 8.07. The number of esters is 2. The van der Waals surface area contributed by atoms with Gasteiger partial charge in [-0.3, -0.25) is 9.36 Å². The molecule has 0 aliphatic carbocycles. The van der Waals surface area contributed by atoms with E-state index in [-0.39, 0.29) is 30.5 Å². The molecule has 2 heterocycles. The molecule has 0 unspecified atom stereocenters. The first kappa shape index (κ1) is 32.3. The number of fused-ring (bicyclic) bond motifs is 1. The molecule has 0 fully saturated rings. The molecule has 0 bridgehead atoms. The Hall–Kier alpha value is -3.65. The van der Waals surface area contributed by atoms with E-state index in [1.807, 2.05) is 51.1 Å². The van der Waals surface area contributed by atoms with Crippen molar-refractivity contribution >= 4 is 51.9 Å². The Labute approximate surface area is 266 Å². The molecule has 4 rings (SSSR count). The van der Waals surface area contributed by atoms with Crippen molar-refractivity contribution in [2.24, 2.45) is 4.99 Å². The number of allylic oxidation sites excluding steroid dienone is 1. The number of methoxy groups -OCH3 is 1. The zero-order valence-corrected chi connectivity index (χ0v) is 27.7. The van der Waals surface area contributed by atoms with Crippen molar-refractivity contribution in [3.63, 3.8) is 0 Å². The summed E-state index contributed by atoms with van der Waals surface area (Å²) in [6.45, 7) is 9.42. The van der Waals surface area contributed by atoms with E-state index in [1.165, 1.54) is 23.0 Å². The average molecular weight is 721 g/mol. The van der Waals surface area contributed by atoms with Crippen LogP contribution in [0.2, 0.25) is 0 Å². The van der Waals surface area contributed by atoms with Gasteiger partial charge < -0.3 is 23.7 Å². The first-order valence-corrected chi connectivity index (χ1v) is 15.6. The van der Waals surface area contributed by atoms with Gasteiger partial charge in [-0.2, -0.15) is 0 Å². The van der Waals surface area contributed by atoms with Gasteiger partial charge in [0, 0.05) is 5.56 Å². The number of hydrogen-bond acceptors (Lipinski definition) is 10. The molecule has 1 aliphatic rings. The first-order chi connectivity index (χ1) is 20.6. The molecule has 0 saturated heterocycles. The van der Waals surface area contributed by atoms with E-state index < -0.39 is 18.0 Å². The molecular formula is C31H33IN2O8S. The molecule has 43 heavy (non-hydrogen) atoms. The second-order valence-corrected chi connectivity index (χ2v) is 11.8. The molecule has 2 aromatic carbocycles. The summed E-state index contributed by atoms with van der Waals surface area (Å²) in [7, 11) is 1.29. The number of thiazole rings is 1. The van der Waals surface area contributed by atoms with Gasteiger partial charge in [0.15, 0.2) is 22.9 Å². The SMILES string of the molecule is CCOC(=O)C1=C(C)N=c2s/c(=C/c3cc(I)c(OCC(=O)OC)c(OCC)c3)c(=O)n2[C@H]1c1ccccc1OC(C)C. The van der Waals surface area contributed by atoms with E-state index in [0.29, 0.717) is 53.6 Å². The summed E-state index contributed by atoms with van der Waals surface area (Å²) in [5.74, 6) is 0.335. The highest BCUT2D eigenvalue weighted by Gasteiger charge is 2.35. The number of ether oxygens (including phenoxy) is 5. The standard InChI is InChI=1S/C31H33IN2O8S/c1-7-39-23-14-19(13-21(32)28(23)41-16-25(35)38-6)15-24-29(36)34-27(20-11-9-10-12-22(20)42-17(3)4)26(30(37)40-8-2)18(5)33-31(34)43-24/h9-15,17,27H,7-8,16H2,1-6H3/b24-15+/t27-/m0/s1. The van der Waals surface area contributed by atoms with Gasteiger partial charge in [-0.05, 0) is 87.0 Å². The topological polar surface area (TPSA) is 115 Å². The zero-order valence-electron chi connectivity index (χ0n) is 24.8. The summed E-state index contributed by atoms with van der Waals surface area (Å²) in [5, 5.41) is 0. The Balaban J connectivity index is 1.90. The van der Waals surface area contributed by atoms with Gasteiger partial charge in [0.1, 0.15) is 11.8 Å². The van der Waals surface area contributed by atoms with Crippen LogP contribution in [0.25, 0.3) is 6.08 Å². The number of carbonyl (C=O) groups is 2. The van der Waals surface area contributed by atoms with Crippen LogP contribution in [0, 0.1) is 3.57 Å². The van der Waals surface area contributed by atoms with E-state index in [2.05, 4.69) is 32.3 Å². The van der Waals surface area contributed by atoms with Gasteiger partial charge in [-0.1, -0.05) is 29.5 Å². The van der Waals surface area contributed by atoms with Crippen molar-refractivity contribution in [3.05, 3.63) is 82.1 Å². The monoisotopic (exact) mass is 720 g/mol. The number of aromatic nitrogens is 1. The van der Waals surface area contributed by atoms with Crippen LogP contribution >= 0.6 is 33.9 Å². The largest absolute Gasteiger partial charge is 0.491 e. The van der Waals surface area contributed by atoms with Crippen molar-refractivity contribution in [2.75, 3.05) is 26.9 Å². The molecule has 10 nitrogen and oxygen atoms in total. The van der Waals surface area contributed by atoms with E-state index in [1.54, 1.807) is 26.0 Å². The maximum atomic E-state index is 14.1. The maximum Gasteiger partial charge on any atom is 0.343 e. The summed E-state index contributed by atoms with van der Waals surface area (Å²) < 4.78 is 30.3. The highest BCUT2D eigenvalue weighted by atomic mass is 127. The van der Waals surface area contributed by atoms with Gasteiger partial charge >= 0.3 is 11.9 Å². The minimum Gasteiger partial charge on any atom is -0.491 e. The van der Waals surface area contributed by atoms with E-state index in [0.717, 1.165) is 0 Å². The van der Waals surface area contributed by atoms with Crippen LogP contribution < -0.4 is 29.1 Å². The molecule has 1 atom stereocenters. The molecule has 1 aliphatic heterocycles. The molecular weight excluding hydrogens is 687 g/mol. The Bertz CT molecular complexity index is 1740. The number of nitrogens with zero attached hydrogens (tertiary/aromatic N) is 2. The lowest BCUT2D eigenvalue weighted by Gasteiger charge is -2.26. The molecule has 0 spiro atoms. The third kappa shape index (κ3) is 7.12. The fourth-order valence-corrected chi connectivity index (χ4v) is 6.40. The van der Waals surface area contributed by atoms with Crippen molar-refractivity contribution in [3.8, 4) is 17.2 Å². The van der Waals surface area contributed by atoms with Crippen LogP contribution in [0.1, 0.15) is 51.8 Å². The van der Waals surface area contributed by atoms with E-state index >= 15 is 0 Å². The van der Waals surface area contributed by atoms with Gasteiger partial charge in [0.2, 0.25) is 0 Å². The fraction of sp³-hybridized carbons (Fsp3) is 0.355. The Morgan fingerprint density at radius 1 is 1.12 bits per heavy atom. The predicted molar refractivity (Wildman–Crippen MR) is 170 cm³/mol. The van der Waals surface area contributed by atoms with Crippen LogP contribution in [0.3, 0.4) is 0 Å². The summed E-state index contributed by atoms with van der Waals surface area (Å²) in [6, 6.07) is 10.1. The zero-order chi connectivity index (χ0) is 31.3. The maximum absolute atomic E-state index is 14.1. The second-order valence-electron chi connectivity index (χ2n) is 9.63. The van der Waals surface area contributed by atoms with Crippen molar-refractivity contribution < 1.29 is 33.3 Å². The van der Waals surface area contributed by atoms with Gasteiger partial charge in [0.25, 0.3) is 5.56 Å². The molecule has 3 aromatic rings. The smallest absolute Gasteiger partial charge is 0.343 e. The number of benzene rings is 2. The number of hydrogen-bond donors (Lipinski definition) is 0. The Morgan fingerprint density at radius 3 is 2.53 bits per heavy atom. The highest BCUT2D eigenvalue weighted by Crippen LogP contribution is 2.37. The van der Waals surface area contributed by atoms with Gasteiger partial charge in [-0.15, -0.1) is 0 Å². The van der Waals surface area contributed by atoms with Crippen molar-refractivity contribution in [2.45, 2.75) is 46.8 Å². The van der Waals surface area contributed by atoms with Crippen molar-refractivity contribution in [1.82, 2.24) is 4.57 Å². The number of para-hydroxylation sites is 1. The summed E-state index contributed by atoms with van der Waals surface area (Å²) in [4.78, 5) is 44.1. The number of carbonyl (C=O) groups excluding carboxylic acids is 2. The van der Waals surface area contributed by atoms with Gasteiger partial charge in [0.05, 0.1) is 45.8 Å². The molecule has 0 radical (unpaired) electrons. The summed E-state index contributed by atoms with van der Waals surface area (Å²) in [5.41, 5.74) is 1.77. The Morgan fingerprint density at radius 2 is 1.86 bits per heavy atom. The van der Waals surface area contributed by atoms with E-state index in [9.17, 15) is 14.4 Å². The van der Waals surface area contributed by atoms with E-state index in [4.69, 9.17) is 18.9 Å². The lowest BCUT2D eigenvalue weighted by Crippen LogP contribution is -2.40. The van der Waals surface area contributed by atoms with Crippen LogP contribution in [0.4, 0.5) is 0 Å². The summed E-state index contributed by atoms with van der Waals surface area (Å²) >= 11 is 3.31. The normalized spacial score (nSPS) is 14.7. The molecule has 0 saturated carbocycles. The first-order valence-electron chi connectivity index (χ1n) is 13.7. The minimum absolute atomic E-state index is 0.130. The number of rotatable bonds is 11. The van der Waals surface area contributed by atoms with Crippen LogP contribution in [-0.4, -0.2) is 49.5 Å². The fourth-order valence-electron chi connectivity index (χ4n) is 4.57. The molecule has 0 N–H and O–H groups in total. The van der Waals surface area contributed by atoms with Crippen LogP contribution in [-0.2, 0) is 19.1 Å². The number of halogens is 1. The average Bonchev–Trinajstić information content (AvgIpc) is 3.25. The Kier molecular flexibility index (Phi) is 10.7. The summed E-state index contributed by atoms with van der Waals surface area (Å²) in [6.07, 6.45) is 1.62. The van der Waals surface area contributed by atoms with Crippen molar-refractivity contribution in [1.29, 1.82) is 0 Å². The second kappa shape index (κ2) is 14.2. The lowest BCUT2D eigenvalue weighted by molar-refractivity contribution is -0.143.